The molecule has 0 fully saturated rings. The number of esters is 1. The Bertz CT molecular complexity index is 1120. The molecule has 0 atom stereocenters. The van der Waals surface area contributed by atoms with Gasteiger partial charge in [0.15, 0.2) is 6.61 Å². The lowest BCUT2D eigenvalue weighted by Crippen LogP contribution is -2.44. The number of carbonyl (C=O) groups excluding carboxylic acids is 3. The molecule has 8 nitrogen and oxygen atoms in total. The van der Waals surface area contributed by atoms with Crippen molar-refractivity contribution in [2.75, 3.05) is 13.2 Å². The van der Waals surface area contributed by atoms with Gasteiger partial charge < -0.3 is 9.47 Å². The Morgan fingerprint density at radius 1 is 0.906 bits per heavy atom. The van der Waals surface area contributed by atoms with E-state index in [0.717, 1.165) is 11.1 Å². The second-order valence-electron chi connectivity index (χ2n) is 6.70. The van der Waals surface area contributed by atoms with Crippen LogP contribution in [0.3, 0.4) is 0 Å². The number of hydrazine groups is 1. The van der Waals surface area contributed by atoms with Gasteiger partial charge in [-0.25, -0.2) is 9.78 Å². The molecule has 0 spiro atoms. The van der Waals surface area contributed by atoms with E-state index in [1.54, 1.807) is 19.9 Å². The molecule has 2 amide bonds. The standard InChI is InChI=1S/C24H23N3O5/c1-3-31-24(30)18-13-14-20(25-16(18)2)23(29)27-26-22(28)15-32-21-12-8-7-11-19(21)17-9-5-4-6-10-17/h4-14H,3,15H2,1-2H3,(H,26,28)(H,27,29). The van der Waals surface area contributed by atoms with Crippen LogP contribution in [0.25, 0.3) is 11.1 Å². The lowest BCUT2D eigenvalue weighted by Gasteiger charge is -2.12. The minimum absolute atomic E-state index is 0.0474. The van der Waals surface area contributed by atoms with E-state index in [-0.39, 0.29) is 24.5 Å². The van der Waals surface area contributed by atoms with Crippen LogP contribution >= 0.6 is 0 Å². The van der Waals surface area contributed by atoms with E-state index < -0.39 is 17.8 Å². The summed E-state index contributed by atoms with van der Waals surface area (Å²) in [4.78, 5) is 40.4. The number of pyridine rings is 1. The summed E-state index contributed by atoms with van der Waals surface area (Å²) >= 11 is 0. The van der Waals surface area contributed by atoms with Crippen molar-refractivity contribution in [3.8, 4) is 16.9 Å². The zero-order chi connectivity index (χ0) is 22.9. The fourth-order valence-electron chi connectivity index (χ4n) is 2.93. The number of aryl methyl sites for hydroxylation is 1. The van der Waals surface area contributed by atoms with Crippen molar-refractivity contribution < 1.29 is 23.9 Å². The first-order chi connectivity index (χ1) is 15.5. The Morgan fingerprint density at radius 2 is 1.62 bits per heavy atom. The molecule has 0 aliphatic heterocycles. The third kappa shape index (κ3) is 5.69. The summed E-state index contributed by atoms with van der Waals surface area (Å²) in [7, 11) is 0. The van der Waals surface area contributed by atoms with E-state index in [1.807, 2.05) is 48.5 Å². The summed E-state index contributed by atoms with van der Waals surface area (Å²) in [6.45, 7) is 3.25. The molecule has 32 heavy (non-hydrogen) atoms. The fourth-order valence-corrected chi connectivity index (χ4v) is 2.93. The van der Waals surface area contributed by atoms with Crippen LogP contribution in [0, 0.1) is 6.92 Å². The van der Waals surface area contributed by atoms with E-state index in [9.17, 15) is 14.4 Å². The largest absolute Gasteiger partial charge is 0.483 e. The topological polar surface area (TPSA) is 107 Å². The third-order valence-corrected chi connectivity index (χ3v) is 4.46. The molecule has 0 unspecified atom stereocenters. The lowest BCUT2D eigenvalue weighted by atomic mass is 10.1. The number of nitrogens with one attached hydrogen (secondary N) is 2. The normalized spacial score (nSPS) is 10.2. The first-order valence-corrected chi connectivity index (χ1v) is 10.0. The number of amides is 2. The van der Waals surface area contributed by atoms with Crippen molar-refractivity contribution in [1.82, 2.24) is 15.8 Å². The van der Waals surface area contributed by atoms with Crippen LogP contribution in [-0.2, 0) is 9.53 Å². The van der Waals surface area contributed by atoms with Gasteiger partial charge in [0, 0.05) is 5.56 Å². The highest BCUT2D eigenvalue weighted by Crippen LogP contribution is 2.29. The van der Waals surface area contributed by atoms with Gasteiger partial charge in [0.1, 0.15) is 11.4 Å². The highest BCUT2D eigenvalue weighted by molar-refractivity contribution is 5.95. The highest BCUT2D eigenvalue weighted by Gasteiger charge is 2.15. The van der Waals surface area contributed by atoms with Crippen molar-refractivity contribution in [2.45, 2.75) is 13.8 Å². The Morgan fingerprint density at radius 3 is 2.34 bits per heavy atom. The predicted molar refractivity (Wildman–Crippen MR) is 118 cm³/mol. The molecule has 0 saturated carbocycles. The molecule has 8 heteroatoms. The maximum atomic E-state index is 12.3. The van der Waals surface area contributed by atoms with Gasteiger partial charge in [-0.05, 0) is 37.6 Å². The predicted octanol–water partition coefficient (Wildman–Crippen LogP) is 3.07. The van der Waals surface area contributed by atoms with Crippen molar-refractivity contribution in [3.63, 3.8) is 0 Å². The van der Waals surface area contributed by atoms with E-state index in [2.05, 4.69) is 15.8 Å². The number of nitrogens with zero attached hydrogens (tertiary/aromatic N) is 1. The molecule has 164 valence electrons. The quantitative estimate of drug-likeness (QED) is 0.438. The van der Waals surface area contributed by atoms with Crippen LogP contribution in [0.15, 0.2) is 66.7 Å². The van der Waals surface area contributed by atoms with Crippen molar-refractivity contribution in [3.05, 3.63) is 83.7 Å². The summed E-state index contributed by atoms with van der Waals surface area (Å²) in [6.07, 6.45) is 0. The second-order valence-corrected chi connectivity index (χ2v) is 6.70. The van der Waals surface area contributed by atoms with E-state index in [4.69, 9.17) is 9.47 Å². The molecule has 0 aliphatic carbocycles. The fraction of sp³-hybridized carbons (Fsp3) is 0.167. The highest BCUT2D eigenvalue weighted by atomic mass is 16.5. The molecule has 0 bridgehead atoms. The van der Waals surface area contributed by atoms with Crippen LogP contribution in [0.1, 0.15) is 33.5 Å². The maximum absolute atomic E-state index is 12.3. The van der Waals surface area contributed by atoms with E-state index in [0.29, 0.717) is 11.4 Å². The number of benzene rings is 2. The molecular formula is C24H23N3O5. The first-order valence-electron chi connectivity index (χ1n) is 10.0. The minimum Gasteiger partial charge on any atom is -0.483 e. The summed E-state index contributed by atoms with van der Waals surface area (Å²) in [5, 5.41) is 0. The zero-order valence-corrected chi connectivity index (χ0v) is 17.8. The van der Waals surface area contributed by atoms with E-state index >= 15 is 0 Å². The van der Waals surface area contributed by atoms with Crippen molar-refractivity contribution in [2.24, 2.45) is 0 Å². The van der Waals surface area contributed by atoms with Crippen LogP contribution in [0.4, 0.5) is 0 Å². The van der Waals surface area contributed by atoms with Gasteiger partial charge >= 0.3 is 5.97 Å². The SMILES string of the molecule is CCOC(=O)c1ccc(C(=O)NNC(=O)COc2ccccc2-c2ccccc2)nc1C. The average Bonchev–Trinajstić information content (AvgIpc) is 2.82. The molecule has 3 rings (SSSR count). The summed E-state index contributed by atoms with van der Waals surface area (Å²) in [5.74, 6) is -1.12. The van der Waals surface area contributed by atoms with Gasteiger partial charge in [-0.2, -0.15) is 0 Å². The van der Waals surface area contributed by atoms with Crippen molar-refractivity contribution >= 4 is 17.8 Å². The van der Waals surface area contributed by atoms with Crippen LogP contribution in [0.2, 0.25) is 0 Å². The molecular weight excluding hydrogens is 410 g/mol. The Labute approximate surface area is 185 Å². The summed E-state index contributed by atoms with van der Waals surface area (Å²) in [6, 6.07) is 19.9. The lowest BCUT2D eigenvalue weighted by molar-refractivity contribution is -0.123. The van der Waals surface area contributed by atoms with Crippen LogP contribution in [-0.4, -0.2) is 36.0 Å². The number of carbonyl (C=O) groups is 3. The number of rotatable bonds is 7. The van der Waals surface area contributed by atoms with Crippen LogP contribution in [0.5, 0.6) is 5.75 Å². The first kappa shape index (κ1) is 22.5. The van der Waals surface area contributed by atoms with E-state index in [1.165, 1.54) is 12.1 Å². The molecule has 3 aromatic rings. The summed E-state index contributed by atoms with van der Waals surface area (Å²) < 4.78 is 10.6. The Balaban J connectivity index is 1.55. The number of aromatic nitrogens is 1. The molecule has 0 saturated heterocycles. The number of para-hydroxylation sites is 1. The van der Waals surface area contributed by atoms with Crippen LogP contribution < -0.4 is 15.6 Å². The molecule has 1 heterocycles. The van der Waals surface area contributed by atoms with Gasteiger partial charge in [0.25, 0.3) is 11.8 Å². The average molecular weight is 433 g/mol. The molecule has 2 aromatic carbocycles. The van der Waals surface area contributed by atoms with Gasteiger partial charge in [-0.1, -0.05) is 48.5 Å². The smallest absolute Gasteiger partial charge is 0.339 e. The third-order valence-electron chi connectivity index (χ3n) is 4.46. The minimum atomic E-state index is -0.624. The monoisotopic (exact) mass is 433 g/mol. The number of ether oxygens (including phenoxy) is 2. The zero-order valence-electron chi connectivity index (χ0n) is 17.8. The number of hydrogen-bond donors (Lipinski definition) is 2. The molecule has 1 aromatic heterocycles. The Kier molecular flexibility index (Phi) is 7.53. The molecule has 0 radical (unpaired) electrons. The second kappa shape index (κ2) is 10.7. The molecule has 0 aliphatic rings. The molecule has 2 N–H and O–H groups in total. The van der Waals surface area contributed by atoms with Gasteiger partial charge in [-0.15, -0.1) is 0 Å². The number of hydrogen-bond acceptors (Lipinski definition) is 6. The Hall–Kier alpha value is -4.20. The van der Waals surface area contributed by atoms with Gasteiger partial charge in [0.05, 0.1) is 17.9 Å². The summed E-state index contributed by atoms with van der Waals surface area (Å²) in [5.41, 5.74) is 7.07. The van der Waals surface area contributed by atoms with Gasteiger partial charge in [-0.3, -0.25) is 20.4 Å². The maximum Gasteiger partial charge on any atom is 0.339 e. The van der Waals surface area contributed by atoms with Gasteiger partial charge in [0.2, 0.25) is 0 Å². The van der Waals surface area contributed by atoms with Crippen molar-refractivity contribution in [1.29, 1.82) is 0 Å².